The molecule has 0 aliphatic heterocycles. The summed E-state index contributed by atoms with van der Waals surface area (Å²) < 4.78 is 1.99. The molecule has 0 saturated heterocycles. The Morgan fingerprint density at radius 3 is 2.61 bits per heavy atom. The summed E-state index contributed by atoms with van der Waals surface area (Å²) in [5.74, 6) is 1.17. The Kier molecular flexibility index (Phi) is 7.69. The number of carbonyl (C=O) groups excluding carboxylic acids is 1. The van der Waals surface area contributed by atoms with Gasteiger partial charge in [0, 0.05) is 22.9 Å². The molecule has 0 fully saturated rings. The summed E-state index contributed by atoms with van der Waals surface area (Å²) in [6.07, 6.45) is 0.274. The van der Waals surface area contributed by atoms with E-state index < -0.39 is 0 Å². The molecule has 1 N–H and O–H groups in total. The molecule has 3 aromatic rings. The van der Waals surface area contributed by atoms with Gasteiger partial charge < -0.3 is 5.32 Å². The Morgan fingerprint density at radius 1 is 1.23 bits per heavy atom. The quantitative estimate of drug-likeness (QED) is 0.503. The van der Waals surface area contributed by atoms with E-state index in [0.29, 0.717) is 27.2 Å². The molecule has 0 radical (unpaired) electrons. The van der Waals surface area contributed by atoms with Crippen molar-refractivity contribution >= 4 is 35.0 Å². The van der Waals surface area contributed by atoms with Crippen LogP contribution in [0.3, 0.4) is 0 Å². The first-order valence-corrected chi connectivity index (χ1v) is 11.1. The summed E-state index contributed by atoms with van der Waals surface area (Å²) in [6.45, 7) is 2.06. The van der Waals surface area contributed by atoms with Crippen molar-refractivity contribution in [3.8, 4) is 11.8 Å². The number of aromatic nitrogens is 3. The molecule has 1 atom stereocenters. The number of thioether (sulfide) groups is 1. The van der Waals surface area contributed by atoms with E-state index in [1.807, 2.05) is 42.9 Å². The van der Waals surface area contributed by atoms with E-state index in [1.54, 1.807) is 24.3 Å². The fourth-order valence-electron chi connectivity index (χ4n) is 2.85. The van der Waals surface area contributed by atoms with Gasteiger partial charge in [0.05, 0.1) is 17.3 Å². The predicted octanol–water partition coefficient (Wildman–Crippen LogP) is 4.54. The summed E-state index contributed by atoms with van der Waals surface area (Å²) in [7, 11) is 3.98. The molecule has 1 heterocycles. The zero-order valence-corrected chi connectivity index (χ0v) is 19.1. The molecule has 0 aliphatic rings. The summed E-state index contributed by atoms with van der Waals surface area (Å²) in [4.78, 5) is 14.4. The fourth-order valence-corrected chi connectivity index (χ4v) is 3.87. The van der Waals surface area contributed by atoms with Crippen molar-refractivity contribution in [3.63, 3.8) is 0 Å². The lowest BCUT2D eigenvalue weighted by Crippen LogP contribution is -2.20. The van der Waals surface area contributed by atoms with Crippen molar-refractivity contribution in [2.75, 3.05) is 25.2 Å². The number of carbonyl (C=O) groups is 1. The van der Waals surface area contributed by atoms with Crippen LogP contribution in [0, 0.1) is 11.3 Å². The van der Waals surface area contributed by atoms with Crippen LogP contribution in [0.4, 0.5) is 5.69 Å². The van der Waals surface area contributed by atoms with E-state index in [1.165, 1.54) is 11.8 Å². The van der Waals surface area contributed by atoms with E-state index in [-0.39, 0.29) is 18.4 Å². The second-order valence-corrected chi connectivity index (χ2v) is 8.59. The third-order valence-electron chi connectivity index (χ3n) is 4.77. The molecule has 3 rings (SSSR count). The summed E-state index contributed by atoms with van der Waals surface area (Å²) >= 11 is 7.51. The molecule has 0 bridgehead atoms. The maximum Gasteiger partial charge on any atom is 0.225 e. The number of halogens is 1. The van der Waals surface area contributed by atoms with Gasteiger partial charge in [-0.2, -0.15) is 5.26 Å². The Balaban J connectivity index is 1.73. The second-order valence-electron chi connectivity index (χ2n) is 7.10. The summed E-state index contributed by atoms with van der Waals surface area (Å²) in [6, 6.07) is 16.6. The average molecular weight is 455 g/mol. The highest BCUT2D eigenvalue weighted by Gasteiger charge is 2.21. The normalized spacial score (nSPS) is 11.9. The number of nitrogens with one attached hydrogen (secondary N) is 1. The van der Waals surface area contributed by atoms with Gasteiger partial charge >= 0.3 is 0 Å². The van der Waals surface area contributed by atoms with Crippen LogP contribution in [0.15, 0.2) is 53.7 Å². The molecule has 0 spiro atoms. The van der Waals surface area contributed by atoms with Gasteiger partial charge in [-0.1, -0.05) is 35.5 Å². The van der Waals surface area contributed by atoms with Crippen LogP contribution in [-0.4, -0.2) is 45.4 Å². The first-order valence-electron chi connectivity index (χ1n) is 9.70. The van der Waals surface area contributed by atoms with Crippen molar-refractivity contribution in [2.45, 2.75) is 24.5 Å². The smallest absolute Gasteiger partial charge is 0.225 e. The molecule has 31 heavy (non-hydrogen) atoms. The number of benzene rings is 2. The van der Waals surface area contributed by atoms with Crippen LogP contribution >= 0.6 is 23.4 Å². The average Bonchev–Trinajstić information content (AvgIpc) is 3.17. The molecule has 2 aromatic carbocycles. The first kappa shape index (κ1) is 22.8. The minimum absolute atomic E-state index is 0.0447. The topological polar surface area (TPSA) is 86.8 Å². The van der Waals surface area contributed by atoms with Crippen LogP contribution in [0.25, 0.3) is 5.69 Å². The van der Waals surface area contributed by atoms with Gasteiger partial charge in [-0.15, -0.1) is 10.2 Å². The van der Waals surface area contributed by atoms with Gasteiger partial charge in [0.15, 0.2) is 11.0 Å². The highest BCUT2D eigenvalue weighted by molar-refractivity contribution is 7.99. The zero-order valence-electron chi connectivity index (χ0n) is 17.5. The van der Waals surface area contributed by atoms with Crippen LogP contribution in [0.5, 0.6) is 0 Å². The van der Waals surface area contributed by atoms with Gasteiger partial charge in [-0.05, 0) is 57.4 Å². The lowest BCUT2D eigenvalue weighted by atomic mass is 10.2. The van der Waals surface area contributed by atoms with Gasteiger partial charge in [0.2, 0.25) is 5.91 Å². The number of hydrogen-bond donors (Lipinski definition) is 1. The van der Waals surface area contributed by atoms with Crippen molar-refractivity contribution in [2.24, 2.45) is 0 Å². The summed E-state index contributed by atoms with van der Waals surface area (Å²) in [5, 5.41) is 22.1. The third-order valence-corrected chi connectivity index (χ3v) is 5.96. The van der Waals surface area contributed by atoms with Gasteiger partial charge in [0.25, 0.3) is 0 Å². The van der Waals surface area contributed by atoms with E-state index in [0.717, 1.165) is 11.5 Å². The highest BCUT2D eigenvalue weighted by Crippen LogP contribution is 2.28. The predicted molar refractivity (Wildman–Crippen MR) is 124 cm³/mol. The second kappa shape index (κ2) is 10.4. The Bertz CT molecular complexity index is 1090. The van der Waals surface area contributed by atoms with Crippen molar-refractivity contribution in [3.05, 3.63) is 64.9 Å². The van der Waals surface area contributed by atoms with Crippen molar-refractivity contribution < 1.29 is 4.79 Å². The molecule has 7 nitrogen and oxygen atoms in total. The Morgan fingerprint density at radius 2 is 1.94 bits per heavy atom. The first-order chi connectivity index (χ1) is 14.9. The molecule has 0 saturated carbocycles. The van der Waals surface area contributed by atoms with Crippen molar-refractivity contribution in [1.29, 1.82) is 5.26 Å². The third kappa shape index (κ3) is 5.64. The molecule has 1 aromatic heterocycles. The lowest BCUT2D eigenvalue weighted by Gasteiger charge is -2.20. The number of rotatable bonds is 8. The number of amides is 1. The number of nitriles is 1. The zero-order chi connectivity index (χ0) is 22.4. The maximum atomic E-state index is 12.4. The van der Waals surface area contributed by atoms with E-state index >= 15 is 0 Å². The van der Waals surface area contributed by atoms with E-state index in [2.05, 4.69) is 33.4 Å². The van der Waals surface area contributed by atoms with E-state index in [4.69, 9.17) is 16.9 Å². The molecule has 1 unspecified atom stereocenters. The minimum Gasteiger partial charge on any atom is -0.325 e. The van der Waals surface area contributed by atoms with Crippen LogP contribution in [-0.2, 0) is 4.79 Å². The van der Waals surface area contributed by atoms with Crippen molar-refractivity contribution in [1.82, 2.24) is 19.7 Å². The fraction of sp³-hybridized carbons (Fsp3) is 0.273. The number of nitrogens with zero attached hydrogens (tertiary/aromatic N) is 5. The van der Waals surface area contributed by atoms with E-state index in [9.17, 15) is 4.79 Å². The van der Waals surface area contributed by atoms with Gasteiger partial charge in [0.1, 0.15) is 6.07 Å². The van der Waals surface area contributed by atoms with Gasteiger partial charge in [-0.25, -0.2) is 0 Å². The molecule has 0 aliphatic carbocycles. The monoisotopic (exact) mass is 454 g/mol. The molecular weight excluding hydrogens is 432 g/mol. The lowest BCUT2D eigenvalue weighted by molar-refractivity contribution is -0.115. The molecular formula is C22H23ClN6OS. The van der Waals surface area contributed by atoms with Crippen LogP contribution < -0.4 is 5.32 Å². The maximum absolute atomic E-state index is 12.4. The SMILES string of the molecule is CC(c1nnc(SCCC(=O)Nc2ccccc2C#N)n1-c1ccc(Cl)cc1)N(C)C. The Labute approximate surface area is 191 Å². The number of anilines is 1. The number of hydrogen-bond acceptors (Lipinski definition) is 6. The molecule has 1 amide bonds. The van der Waals surface area contributed by atoms with Gasteiger partial charge in [-0.3, -0.25) is 14.3 Å². The largest absolute Gasteiger partial charge is 0.325 e. The summed E-state index contributed by atoms with van der Waals surface area (Å²) in [5.41, 5.74) is 1.87. The van der Waals surface area contributed by atoms with Crippen LogP contribution in [0.1, 0.15) is 30.8 Å². The standard InChI is InChI=1S/C22H23ClN6OS/c1-15(28(2)3)21-26-27-22(29(21)18-10-8-17(23)9-11-18)31-13-12-20(30)25-19-7-5-4-6-16(19)14-24/h4-11,15H,12-13H2,1-3H3,(H,25,30). The number of para-hydroxylation sites is 1. The Hall–Kier alpha value is -2.86. The van der Waals surface area contributed by atoms with Crippen LogP contribution in [0.2, 0.25) is 5.02 Å². The minimum atomic E-state index is -0.158. The molecule has 9 heteroatoms. The highest BCUT2D eigenvalue weighted by atomic mass is 35.5. The molecule has 160 valence electrons.